The first-order chi connectivity index (χ1) is 9.62. The minimum absolute atomic E-state index is 0.0747. The molecule has 0 N–H and O–H groups in total. The van der Waals surface area contributed by atoms with E-state index in [-0.39, 0.29) is 5.75 Å². The summed E-state index contributed by atoms with van der Waals surface area (Å²) in [6.45, 7) is 4.22. The second kappa shape index (κ2) is 13.9. The van der Waals surface area contributed by atoms with Gasteiger partial charge in [-0.25, -0.2) is 0 Å². The highest BCUT2D eigenvalue weighted by Crippen LogP contribution is 2.12. The fourth-order valence-corrected chi connectivity index (χ4v) is 2.75. The highest BCUT2D eigenvalue weighted by molar-refractivity contribution is 7.86. The monoisotopic (exact) mass is 306 g/mol. The largest absolute Gasteiger partial charge is 0.270 e. The highest BCUT2D eigenvalue weighted by Gasteiger charge is 2.05. The molecule has 0 aliphatic rings. The molecular formula is C16H34O3S. The molecule has 0 unspecified atom stereocenters. The van der Waals surface area contributed by atoms with Crippen molar-refractivity contribution in [3.8, 4) is 0 Å². The molecule has 0 heterocycles. The van der Waals surface area contributed by atoms with E-state index in [1.807, 2.05) is 0 Å². The lowest BCUT2D eigenvalue weighted by atomic mass is 10.1. The molecule has 0 atom stereocenters. The zero-order chi connectivity index (χ0) is 15.1. The van der Waals surface area contributed by atoms with E-state index in [9.17, 15) is 8.42 Å². The quantitative estimate of drug-likeness (QED) is 0.314. The Kier molecular flexibility index (Phi) is 13.8. The summed E-state index contributed by atoms with van der Waals surface area (Å²) in [5.41, 5.74) is 0. The van der Waals surface area contributed by atoms with Crippen LogP contribution in [0.2, 0.25) is 0 Å². The SMILES string of the molecule is CCCCCCCCCCCCCCOS(=O)(=O)CC. The molecular weight excluding hydrogens is 272 g/mol. The molecule has 0 aliphatic carbocycles. The molecule has 0 rings (SSSR count). The highest BCUT2D eigenvalue weighted by atomic mass is 32.2. The van der Waals surface area contributed by atoms with Crippen molar-refractivity contribution in [2.75, 3.05) is 12.4 Å². The van der Waals surface area contributed by atoms with Crippen molar-refractivity contribution < 1.29 is 12.6 Å². The Morgan fingerprint density at radius 2 is 1.05 bits per heavy atom. The van der Waals surface area contributed by atoms with E-state index in [0.29, 0.717) is 6.61 Å². The van der Waals surface area contributed by atoms with Gasteiger partial charge in [0.1, 0.15) is 0 Å². The molecule has 0 amide bonds. The summed E-state index contributed by atoms with van der Waals surface area (Å²) in [5, 5.41) is 0. The number of unbranched alkanes of at least 4 members (excludes halogenated alkanes) is 11. The molecule has 0 aromatic carbocycles. The predicted molar refractivity (Wildman–Crippen MR) is 86.5 cm³/mol. The Hall–Kier alpha value is -0.0900. The van der Waals surface area contributed by atoms with Crippen LogP contribution in [-0.4, -0.2) is 20.8 Å². The maximum atomic E-state index is 11.1. The van der Waals surface area contributed by atoms with Gasteiger partial charge in [0.2, 0.25) is 0 Å². The zero-order valence-corrected chi connectivity index (χ0v) is 14.3. The predicted octanol–water partition coefficient (Wildman–Crippen LogP) is 5.05. The van der Waals surface area contributed by atoms with E-state index >= 15 is 0 Å². The third-order valence-corrected chi connectivity index (χ3v) is 4.85. The van der Waals surface area contributed by atoms with Gasteiger partial charge >= 0.3 is 0 Å². The van der Waals surface area contributed by atoms with Gasteiger partial charge in [-0.15, -0.1) is 0 Å². The van der Waals surface area contributed by atoms with Gasteiger partial charge in [-0.3, -0.25) is 4.18 Å². The van der Waals surface area contributed by atoms with Gasteiger partial charge in [0.05, 0.1) is 12.4 Å². The van der Waals surface area contributed by atoms with Crippen LogP contribution >= 0.6 is 0 Å². The van der Waals surface area contributed by atoms with E-state index in [2.05, 4.69) is 6.92 Å². The summed E-state index contributed by atoms with van der Waals surface area (Å²) in [7, 11) is -3.23. The summed E-state index contributed by atoms with van der Waals surface area (Å²) in [5.74, 6) is 0.0747. The molecule has 0 fully saturated rings. The lowest BCUT2D eigenvalue weighted by molar-refractivity contribution is 0.307. The van der Waals surface area contributed by atoms with Gasteiger partial charge in [-0.1, -0.05) is 77.6 Å². The van der Waals surface area contributed by atoms with Crippen molar-refractivity contribution in [2.24, 2.45) is 0 Å². The number of hydrogen-bond donors (Lipinski definition) is 0. The van der Waals surface area contributed by atoms with Crippen LogP contribution in [0.5, 0.6) is 0 Å². The van der Waals surface area contributed by atoms with Crippen molar-refractivity contribution in [3.05, 3.63) is 0 Å². The van der Waals surface area contributed by atoms with Gasteiger partial charge in [-0.05, 0) is 13.3 Å². The van der Waals surface area contributed by atoms with Crippen molar-refractivity contribution in [1.82, 2.24) is 0 Å². The summed E-state index contributed by atoms with van der Waals surface area (Å²) in [6, 6.07) is 0. The van der Waals surface area contributed by atoms with Gasteiger partial charge in [0, 0.05) is 0 Å². The molecule has 0 bridgehead atoms. The van der Waals surface area contributed by atoms with E-state index < -0.39 is 10.1 Å². The Bertz CT molecular complexity index is 286. The Labute approximate surface area is 126 Å². The van der Waals surface area contributed by atoms with Crippen LogP contribution in [0.25, 0.3) is 0 Å². The zero-order valence-electron chi connectivity index (χ0n) is 13.5. The molecule has 0 aromatic heterocycles. The van der Waals surface area contributed by atoms with Crippen LogP contribution < -0.4 is 0 Å². The minimum Gasteiger partial charge on any atom is -0.270 e. The van der Waals surface area contributed by atoms with E-state index in [0.717, 1.165) is 12.8 Å². The lowest BCUT2D eigenvalue weighted by Gasteiger charge is -2.04. The van der Waals surface area contributed by atoms with Crippen molar-refractivity contribution >= 4 is 10.1 Å². The summed E-state index contributed by atoms with van der Waals surface area (Å²) >= 11 is 0. The molecule has 122 valence electrons. The molecule has 0 aliphatic heterocycles. The third-order valence-electron chi connectivity index (χ3n) is 3.61. The van der Waals surface area contributed by atoms with E-state index in [4.69, 9.17) is 4.18 Å². The standard InChI is InChI=1S/C16H34O3S/c1-3-5-6-7-8-9-10-11-12-13-14-15-16-19-20(17,18)4-2/h3-16H2,1-2H3. The van der Waals surface area contributed by atoms with Gasteiger partial charge in [0.15, 0.2) is 0 Å². The first-order valence-corrected chi connectivity index (χ1v) is 10.1. The van der Waals surface area contributed by atoms with Crippen molar-refractivity contribution in [3.63, 3.8) is 0 Å². The average Bonchev–Trinajstić information content (AvgIpc) is 2.44. The Morgan fingerprint density at radius 1 is 0.650 bits per heavy atom. The van der Waals surface area contributed by atoms with E-state index in [1.165, 1.54) is 64.2 Å². The normalized spacial score (nSPS) is 11.9. The Balaban J connectivity index is 3.10. The topological polar surface area (TPSA) is 43.4 Å². The fourth-order valence-electron chi connectivity index (χ4n) is 2.21. The molecule has 3 nitrogen and oxygen atoms in total. The second-order valence-electron chi connectivity index (χ2n) is 5.56. The molecule has 0 radical (unpaired) electrons. The molecule has 0 spiro atoms. The fraction of sp³-hybridized carbons (Fsp3) is 1.00. The van der Waals surface area contributed by atoms with Crippen LogP contribution in [0.3, 0.4) is 0 Å². The molecule has 0 saturated heterocycles. The van der Waals surface area contributed by atoms with Gasteiger partial charge in [0.25, 0.3) is 10.1 Å². The molecule has 4 heteroatoms. The first-order valence-electron chi connectivity index (χ1n) is 8.49. The van der Waals surface area contributed by atoms with Crippen molar-refractivity contribution in [1.29, 1.82) is 0 Å². The average molecular weight is 307 g/mol. The third kappa shape index (κ3) is 14.3. The summed E-state index contributed by atoms with van der Waals surface area (Å²) in [6.07, 6.45) is 15.4. The van der Waals surface area contributed by atoms with Crippen molar-refractivity contribution in [2.45, 2.75) is 90.9 Å². The van der Waals surface area contributed by atoms with Gasteiger partial charge < -0.3 is 0 Å². The molecule has 0 aromatic rings. The number of rotatable bonds is 15. The maximum absolute atomic E-state index is 11.1. The summed E-state index contributed by atoms with van der Waals surface area (Å²) < 4.78 is 27.0. The smallest absolute Gasteiger partial charge is 0.267 e. The lowest BCUT2D eigenvalue weighted by Crippen LogP contribution is -2.09. The molecule has 20 heavy (non-hydrogen) atoms. The van der Waals surface area contributed by atoms with Gasteiger partial charge in [-0.2, -0.15) is 8.42 Å². The second-order valence-corrected chi connectivity index (χ2v) is 7.49. The maximum Gasteiger partial charge on any atom is 0.267 e. The number of hydrogen-bond acceptors (Lipinski definition) is 3. The van der Waals surface area contributed by atoms with E-state index in [1.54, 1.807) is 6.92 Å². The molecule has 0 saturated carbocycles. The van der Waals surface area contributed by atoms with Crippen LogP contribution in [0, 0.1) is 0 Å². The Morgan fingerprint density at radius 3 is 1.45 bits per heavy atom. The van der Waals surface area contributed by atoms with Crippen LogP contribution in [0.1, 0.15) is 90.9 Å². The minimum atomic E-state index is -3.23. The summed E-state index contributed by atoms with van der Waals surface area (Å²) in [4.78, 5) is 0. The van der Waals surface area contributed by atoms with Crippen LogP contribution in [0.4, 0.5) is 0 Å². The first kappa shape index (κ1) is 19.9. The van der Waals surface area contributed by atoms with Crippen LogP contribution in [0.15, 0.2) is 0 Å². The van der Waals surface area contributed by atoms with Crippen LogP contribution in [-0.2, 0) is 14.3 Å².